The van der Waals surface area contributed by atoms with E-state index in [9.17, 15) is 9.50 Å². The standard InChI is InChI=1S/C16H21FO2/c1-10-3-2-4-11(7-10)15-9-14(18)13-6-5-12(17)8-16(13)19-15/h5-6,8,10-11,14-15,18H,2-4,7,9H2,1H3/t10?,11?,14-,15?/m1/s1. The van der Waals surface area contributed by atoms with Gasteiger partial charge in [-0.3, -0.25) is 0 Å². The number of ether oxygens (including phenoxy) is 1. The molecule has 0 spiro atoms. The van der Waals surface area contributed by atoms with Crippen molar-refractivity contribution in [2.45, 2.75) is 51.2 Å². The average Bonchev–Trinajstić information content (AvgIpc) is 2.38. The second-order valence-electron chi connectivity index (χ2n) is 6.12. The van der Waals surface area contributed by atoms with Gasteiger partial charge < -0.3 is 9.84 Å². The maximum Gasteiger partial charge on any atom is 0.128 e. The third-order valence-electron chi connectivity index (χ3n) is 4.57. The van der Waals surface area contributed by atoms with E-state index in [1.54, 1.807) is 6.07 Å². The van der Waals surface area contributed by atoms with E-state index < -0.39 is 6.10 Å². The van der Waals surface area contributed by atoms with E-state index in [-0.39, 0.29) is 11.9 Å². The molecule has 2 nitrogen and oxygen atoms in total. The first-order valence-electron chi connectivity index (χ1n) is 7.27. The summed E-state index contributed by atoms with van der Waals surface area (Å²) < 4.78 is 19.3. The van der Waals surface area contributed by atoms with E-state index in [2.05, 4.69) is 6.92 Å². The molecule has 1 saturated carbocycles. The Bertz CT molecular complexity index is 460. The number of halogens is 1. The number of benzene rings is 1. The predicted molar refractivity (Wildman–Crippen MR) is 71.5 cm³/mol. The molecule has 3 heteroatoms. The third kappa shape index (κ3) is 2.62. The molecule has 3 unspecified atom stereocenters. The summed E-state index contributed by atoms with van der Waals surface area (Å²) >= 11 is 0. The highest BCUT2D eigenvalue weighted by Gasteiger charge is 2.34. The van der Waals surface area contributed by atoms with Crippen molar-refractivity contribution < 1.29 is 14.2 Å². The van der Waals surface area contributed by atoms with Gasteiger partial charge in [0, 0.05) is 18.1 Å². The molecule has 1 N–H and O–H groups in total. The number of aliphatic hydroxyl groups is 1. The van der Waals surface area contributed by atoms with E-state index in [0.717, 1.165) is 24.3 Å². The van der Waals surface area contributed by atoms with Crippen LogP contribution >= 0.6 is 0 Å². The van der Waals surface area contributed by atoms with Crippen LogP contribution in [0.4, 0.5) is 4.39 Å². The van der Waals surface area contributed by atoms with Gasteiger partial charge in [0.15, 0.2) is 0 Å². The summed E-state index contributed by atoms with van der Waals surface area (Å²) in [5.41, 5.74) is 0.724. The smallest absolute Gasteiger partial charge is 0.128 e. The van der Waals surface area contributed by atoms with Crippen LogP contribution < -0.4 is 4.74 Å². The fourth-order valence-electron chi connectivity index (χ4n) is 3.55. The molecule has 4 atom stereocenters. The van der Waals surface area contributed by atoms with Crippen molar-refractivity contribution in [1.82, 2.24) is 0 Å². The van der Waals surface area contributed by atoms with Crippen molar-refractivity contribution in [3.63, 3.8) is 0 Å². The van der Waals surface area contributed by atoms with E-state index in [1.165, 1.54) is 25.0 Å². The summed E-state index contributed by atoms with van der Waals surface area (Å²) in [4.78, 5) is 0. The van der Waals surface area contributed by atoms with E-state index >= 15 is 0 Å². The van der Waals surface area contributed by atoms with Gasteiger partial charge in [0.1, 0.15) is 17.7 Å². The molecule has 1 fully saturated rings. The summed E-state index contributed by atoms with van der Waals surface area (Å²) in [5, 5.41) is 10.2. The first-order chi connectivity index (χ1) is 9.13. The van der Waals surface area contributed by atoms with Gasteiger partial charge in [0.2, 0.25) is 0 Å². The van der Waals surface area contributed by atoms with Crippen molar-refractivity contribution in [1.29, 1.82) is 0 Å². The molecule has 1 aliphatic heterocycles. The van der Waals surface area contributed by atoms with Crippen LogP contribution in [-0.2, 0) is 0 Å². The Morgan fingerprint density at radius 2 is 2.11 bits per heavy atom. The Labute approximate surface area is 113 Å². The summed E-state index contributed by atoms with van der Waals surface area (Å²) in [6, 6.07) is 4.42. The molecule has 2 aliphatic rings. The highest BCUT2D eigenvalue weighted by atomic mass is 19.1. The molecular weight excluding hydrogens is 243 g/mol. The second-order valence-corrected chi connectivity index (χ2v) is 6.12. The molecule has 3 rings (SSSR count). The fraction of sp³-hybridized carbons (Fsp3) is 0.625. The molecule has 0 bridgehead atoms. The highest BCUT2D eigenvalue weighted by molar-refractivity contribution is 5.37. The Morgan fingerprint density at radius 1 is 1.26 bits per heavy atom. The number of hydrogen-bond donors (Lipinski definition) is 1. The van der Waals surface area contributed by atoms with Crippen LogP contribution in [0.15, 0.2) is 18.2 Å². The molecule has 0 radical (unpaired) electrons. The van der Waals surface area contributed by atoms with Crippen LogP contribution in [-0.4, -0.2) is 11.2 Å². The lowest BCUT2D eigenvalue weighted by molar-refractivity contribution is 0.0169. The van der Waals surface area contributed by atoms with Crippen LogP contribution in [0.2, 0.25) is 0 Å². The van der Waals surface area contributed by atoms with Crippen molar-refractivity contribution >= 4 is 0 Å². The van der Waals surface area contributed by atoms with Gasteiger partial charge in [-0.2, -0.15) is 0 Å². The lowest BCUT2D eigenvalue weighted by Crippen LogP contribution is -2.35. The minimum atomic E-state index is -0.522. The van der Waals surface area contributed by atoms with Gasteiger partial charge in [0.05, 0.1) is 6.10 Å². The quantitative estimate of drug-likeness (QED) is 0.835. The summed E-state index contributed by atoms with van der Waals surface area (Å²) in [6.45, 7) is 2.28. The van der Waals surface area contributed by atoms with Gasteiger partial charge in [-0.25, -0.2) is 4.39 Å². The molecular formula is C16H21FO2. The number of hydrogen-bond acceptors (Lipinski definition) is 2. The lowest BCUT2D eigenvalue weighted by atomic mass is 9.77. The SMILES string of the molecule is CC1CCCC(C2C[C@@H](O)c3ccc(F)cc3O2)C1. The maximum atomic E-state index is 13.3. The zero-order chi connectivity index (χ0) is 13.4. The highest BCUT2D eigenvalue weighted by Crippen LogP contribution is 2.41. The minimum Gasteiger partial charge on any atom is -0.490 e. The van der Waals surface area contributed by atoms with Gasteiger partial charge in [-0.05, 0) is 36.8 Å². The first kappa shape index (κ1) is 12.9. The third-order valence-corrected chi connectivity index (χ3v) is 4.57. The van der Waals surface area contributed by atoms with E-state index in [4.69, 9.17) is 4.74 Å². The van der Waals surface area contributed by atoms with Crippen molar-refractivity contribution in [2.75, 3.05) is 0 Å². The minimum absolute atomic E-state index is 0.0343. The second kappa shape index (κ2) is 5.12. The van der Waals surface area contributed by atoms with Crippen LogP contribution in [0, 0.1) is 17.7 Å². The van der Waals surface area contributed by atoms with E-state index in [1.807, 2.05) is 0 Å². The molecule has 19 heavy (non-hydrogen) atoms. The monoisotopic (exact) mass is 264 g/mol. The number of rotatable bonds is 1. The van der Waals surface area contributed by atoms with Crippen molar-refractivity contribution in [3.05, 3.63) is 29.6 Å². The number of aliphatic hydroxyl groups excluding tert-OH is 1. The Hall–Kier alpha value is -1.09. The molecule has 1 aromatic carbocycles. The lowest BCUT2D eigenvalue weighted by Gasteiger charge is -2.37. The summed E-state index contributed by atoms with van der Waals surface area (Å²) in [5.74, 6) is 1.45. The van der Waals surface area contributed by atoms with Crippen LogP contribution in [0.1, 0.15) is 50.7 Å². The average molecular weight is 264 g/mol. The zero-order valence-electron chi connectivity index (χ0n) is 11.3. The topological polar surface area (TPSA) is 29.5 Å². The normalized spacial score (nSPS) is 34.5. The van der Waals surface area contributed by atoms with Gasteiger partial charge in [-0.1, -0.05) is 19.8 Å². The predicted octanol–water partition coefficient (Wildman–Crippen LogP) is 3.84. The summed E-state index contributed by atoms with van der Waals surface area (Å²) in [7, 11) is 0. The maximum absolute atomic E-state index is 13.3. The molecule has 0 saturated heterocycles. The molecule has 0 aromatic heterocycles. The Morgan fingerprint density at radius 3 is 2.89 bits per heavy atom. The fourth-order valence-corrected chi connectivity index (χ4v) is 3.55. The van der Waals surface area contributed by atoms with Crippen LogP contribution in [0.25, 0.3) is 0 Å². The molecule has 0 amide bonds. The van der Waals surface area contributed by atoms with Crippen LogP contribution in [0.3, 0.4) is 0 Å². The van der Waals surface area contributed by atoms with Gasteiger partial charge in [0.25, 0.3) is 0 Å². The largest absolute Gasteiger partial charge is 0.490 e. The molecule has 1 aromatic rings. The van der Waals surface area contributed by atoms with Crippen molar-refractivity contribution in [3.8, 4) is 5.75 Å². The Kier molecular flexibility index (Phi) is 3.48. The summed E-state index contributed by atoms with van der Waals surface area (Å²) in [6.07, 6.45) is 4.98. The van der Waals surface area contributed by atoms with Crippen LogP contribution in [0.5, 0.6) is 5.75 Å². The molecule has 104 valence electrons. The zero-order valence-corrected chi connectivity index (χ0v) is 11.3. The van der Waals surface area contributed by atoms with E-state index in [0.29, 0.717) is 18.1 Å². The van der Waals surface area contributed by atoms with Gasteiger partial charge >= 0.3 is 0 Å². The Balaban J connectivity index is 1.80. The molecule has 1 heterocycles. The van der Waals surface area contributed by atoms with Crippen molar-refractivity contribution in [2.24, 2.45) is 11.8 Å². The number of fused-ring (bicyclic) bond motifs is 1. The van der Waals surface area contributed by atoms with Gasteiger partial charge in [-0.15, -0.1) is 0 Å². The molecule has 1 aliphatic carbocycles. The first-order valence-corrected chi connectivity index (χ1v) is 7.27.